The molecule has 4 nitrogen and oxygen atoms in total. The smallest absolute Gasteiger partial charge is 0.262 e. The molecule has 0 bridgehead atoms. The second kappa shape index (κ2) is 4.06. The van der Waals surface area contributed by atoms with Crippen LogP contribution in [0, 0.1) is 6.92 Å². The monoisotopic (exact) mass is 236 g/mol. The van der Waals surface area contributed by atoms with Crippen LogP contribution in [0.5, 0.6) is 0 Å². The number of fused-ring (bicyclic) bond motifs is 1. The predicted molar refractivity (Wildman–Crippen MR) is 61.8 cm³/mol. The number of nitrogens with zero attached hydrogens (tertiary/aromatic N) is 2. The molecule has 0 saturated carbocycles. The molecule has 0 atom stereocenters. The van der Waals surface area contributed by atoms with Gasteiger partial charge in [-0.15, -0.1) is 0 Å². The molecular weight excluding hydrogens is 228 g/mol. The normalized spacial score (nSPS) is 10.6. The van der Waals surface area contributed by atoms with Crippen LogP contribution in [0.2, 0.25) is 5.28 Å². The first-order valence-electron chi connectivity index (χ1n) is 4.74. The molecule has 1 heterocycles. The standard InChI is InChI=1S/C11H9ClN2O2/c1-7-2-3-8-9(6-7)13-11(12)14(4-5-15)10(8)16/h2-3,5-6H,4H2,1H3. The summed E-state index contributed by atoms with van der Waals surface area (Å²) in [5.74, 6) is 0. The first-order valence-corrected chi connectivity index (χ1v) is 5.11. The van der Waals surface area contributed by atoms with E-state index >= 15 is 0 Å². The van der Waals surface area contributed by atoms with Gasteiger partial charge < -0.3 is 4.79 Å². The van der Waals surface area contributed by atoms with E-state index in [-0.39, 0.29) is 17.4 Å². The fourth-order valence-electron chi connectivity index (χ4n) is 1.54. The lowest BCUT2D eigenvalue weighted by molar-refractivity contribution is -0.108. The highest BCUT2D eigenvalue weighted by atomic mass is 35.5. The zero-order chi connectivity index (χ0) is 11.7. The summed E-state index contributed by atoms with van der Waals surface area (Å²) in [6, 6.07) is 5.30. The predicted octanol–water partition coefficient (Wildman–Crippen LogP) is 1.56. The number of aryl methyl sites for hydroxylation is 1. The number of aromatic nitrogens is 2. The minimum absolute atomic E-state index is 0.0372. The Morgan fingerprint density at radius 1 is 1.50 bits per heavy atom. The highest BCUT2D eigenvalue weighted by molar-refractivity contribution is 6.28. The van der Waals surface area contributed by atoms with Crippen molar-refractivity contribution in [3.05, 3.63) is 39.4 Å². The van der Waals surface area contributed by atoms with Gasteiger partial charge in [-0.2, -0.15) is 0 Å². The van der Waals surface area contributed by atoms with Crippen LogP contribution in [0.25, 0.3) is 10.9 Å². The van der Waals surface area contributed by atoms with Crippen LogP contribution in [0.1, 0.15) is 5.56 Å². The minimum atomic E-state index is -0.290. The average Bonchev–Trinajstić information content (AvgIpc) is 2.23. The van der Waals surface area contributed by atoms with Gasteiger partial charge in [0, 0.05) is 0 Å². The maximum Gasteiger partial charge on any atom is 0.262 e. The van der Waals surface area contributed by atoms with E-state index in [1.807, 2.05) is 13.0 Å². The molecule has 2 aromatic rings. The van der Waals surface area contributed by atoms with E-state index in [2.05, 4.69) is 4.98 Å². The molecule has 0 aliphatic carbocycles. The molecule has 82 valence electrons. The summed E-state index contributed by atoms with van der Waals surface area (Å²) in [7, 11) is 0. The molecule has 2 rings (SSSR count). The fourth-order valence-corrected chi connectivity index (χ4v) is 1.77. The van der Waals surface area contributed by atoms with Crippen LogP contribution in [0.4, 0.5) is 0 Å². The molecule has 0 aliphatic rings. The molecule has 0 radical (unpaired) electrons. The highest BCUT2D eigenvalue weighted by Gasteiger charge is 2.08. The quantitative estimate of drug-likeness (QED) is 0.587. The van der Waals surface area contributed by atoms with Gasteiger partial charge in [0.2, 0.25) is 5.28 Å². The summed E-state index contributed by atoms with van der Waals surface area (Å²) in [6.45, 7) is 1.83. The van der Waals surface area contributed by atoms with E-state index in [4.69, 9.17) is 11.6 Å². The highest BCUT2D eigenvalue weighted by Crippen LogP contribution is 2.13. The third-order valence-electron chi connectivity index (χ3n) is 2.32. The second-order valence-electron chi connectivity index (χ2n) is 3.48. The summed E-state index contributed by atoms with van der Waals surface area (Å²) < 4.78 is 1.15. The maximum atomic E-state index is 11.9. The topological polar surface area (TPSA) is 52.0 Å². The van der Waals surface area contributed by atoms with E-state index in [0.29, 0.717) is 17.2 Å². The number of carbonyl (C=O) groups is 1. The van der Waals surface area contributed by atoms with Crippen molar-refractivity contribution in [1.82, 2.24) is 9.55 Å². The summed E-state index contributed by atoms with van der Waals surface area (Å²) in [5, 5.41) is 0.507. The lowest BCUT2D eigenvalue weighted by atomic mass is 10.2. The Morgan fingerprint density at radius 2 is 2.25 bits per heavy atom. The second-order valence-corrected chi connectivity index (χ2v) is 3.82. The van der Waals surface area contributed by atoms with Crippen molar-refractivity contribution < 1.29 is 4.79 Å². The van der Waals surface area contributed by atoms with Crippen molar-refractivity contribution in [3.63, 3.8) is 0 Å². The van der Waals surface area contributed by atoms with Crippen LogP contribution in [0.15, 0.2) is 23.0 Å². The summed E-state index contributed by atoms with van der Waals surface area (Å²) in [4.78, 5) is 26.4. The fraction of sp³-hybridized carbons (Fsp3) is 0.182. The molecule has 1 aromatic heterocycles. The summed E-state index contributed by atoms with van der Waals surface area (Å²) in [6.07, 6.45) is 0.620. The van der Waals surface area contributed by atoms with E-state index in [0.717, 1.165) is 10.1 Å². The molecule has 0 fully saturated rings. The Morgan fingerprint density at radius 3 is 2.94 bits per heavy atom. The van der Waals surface area contributed by atoms with Gasteiger partial charge in [0.05, 0.1) is 17.4 Å². The Hall–Kier alpha value is -1.68. The minimum Gasteiger partial charge on any atom is -0.301 e. The molecule has 5 heteroatoms. The number of carbonyl (C=O) groups excluding carboxylic acids is 1. The van der Waals surface area contributed by atoms with E-state index in [1.54, 1.807) is 12.1 Å². The Balaban J connectivity index is 2.83. The van der Waals surface area contributed by atoms with Gasteiger partial charge in [-0.05, 0) is 36.2 Å². The number of aldehydes is 1. The third kappa shape index (κ3) is 1.72. The van der Waals surface area contributed by atoms with Crippen molar-refractivity contribution >= 4 is 28.8 Å². The van der Waals surface area contributed by atoms with Gasteiger partial charge in [0.1, 0.15) is 6.29 Å². The molecule has 16 heavy (non-hydrogen) atoms. The largest absolute Gasteiger partial charge is 0.301 e. The van der Waals surface area contributed by atoms with Crippen LogP contribution in [0.3, 0.4) is 0 Å². The van der Waals surface area contributed by atoms with Gasteiger partial charge in [-0.3, -0.25) is 9.36 Å². The van der Waals surface area contributed by atoms with Crippen LogP contribution in [-0.4, -0.2) is 15.8 Å². The first-order chi connectivity index (χ1) is 7.63. The summed E-state index contributed by atoms with van der Waals surface area (Å²) >= 11 is 5.83. The molecular formula is C11H9ClN2O2. The number of benzene rings is 1. The number of rotatable bonds is 2. The van der Waals surface area contributed by atoms with Gasteiger partial charge in [-0.1, -0.05) is 6.07 Å². The molecule has 1 aromatic carbocycles. The van der Waals surface area contributed by atoms with E-state index in [1.165, 1.54) is 0 Å². The number of halogens is 1. The van der Waals surface area contributed by atoms with E-state index in [9.17, 15) is 9.59 Å². The Kier molecular flexibility index (Phi) is 2.75. The lowest BCUT2D eigenvalue weighted by Gasteiger charge is -2.05. The Labute approximate surface area is 96.5 Å². The number of hydrogen-bond acceptors (Lipinski definition) is 3. The molecule has 0 saturated heterocycles. The first kappa shape index (κ1) is 10.8. The SMILES string of the molecule is Cc1ccc2c(=O)n(CC=O)c(Cl)nc2c1. The van der Waals surface area contributed by atoms with Gasteiger partial charge >= 0.3 is 0 Å². The van der Waals surface area contributed by atoms with Crippen molar-refractivity contribution in [2.75, 3.05) is 0 Å². The van der Waals surface area contributed by atoms with Gasteiger partial charge in [0.15, 0.2) is 0 Å². The van der Waals surface area contributed by atoms with Gasteiger partial charge in [-0.25, -0.2) is 4.98 Å². The molecule has 0 aliphatic heterocycles. The lowest BCUT2D eigenvalue weighted by Crippen LogP contribution is -2.22. The molecule has 0 N–H and O–H groups in total. The zero-order valence-corrected chi connectivity index (χ0v) is 9.36. The number of hydrogen-bond donors (Lipinski definition) is 0. The van der Waals surface area contributed by atoms with Crippen LogP contribution in [-0.2, 0) is 11.3 Å². The molecule has 0 unspecified atom stereocenters. The Bertz CT molecular complexity index is 619. The zero-order valence-electron chi connectivity index (χ0n) is 8.61. The van der Waals surface area contributed by atoms with Crippen molar-refractivity contribution in [2.45, 2.75) is 13.5 Å². The molecule has 0 spiro atoms. The van der Waals surface area contributed by atoms with Crippen LogP contribution < -0.4 is 5.56 Å². The van der Waals surface area contributed by atoms with Crippen molar-refractivity contribution in [2.24, 2.45) is 0 Å². The molecule has 0 amide bonds. The summed E-state index contributed by atoms with van der Waals surface area (Å²) in [5.41, 5.74) is 1.27. The third-order valence-corrected chi connectivity index (χ3v) is 2.61. The van der Waals surface area contributed by atoms with Crippen LogP contribution >= 0.6 is 11.6 Å². The average molecular weight is 237 g/mol. The van der Waals surface area contributed by atoms with E-state index < -0.39 is 0 Å². The van der Waals surface area contributed by atoms with Crippen molar-refractivity contribution in [3.8, 4) is 0 Å². The maximum absolute atomic E-state index is 11.9. The van der Waals surface area contributed by atoms with Crippen molar-refractivity contribution in [1.29, 1.82) is 0 Å². The van der Waals surface area contributed by atoms with Gasteiger partial charge in [0.25, 0.3) is 5.56 Å².